The highest BCUT2D eigenvalue weighted by Crippen LogP contribution is 2.51. The molecule has 2 aliphatic rings. The first-order valence-corrected chi connectivity index (χ1v) is 11.4. The Hall–Kier alpha value is -3.06. The molecule has 4 atom stereocenters. The molecule has 0 aromatic heterocycles. The molecule has 2 amide bonds. The van der Waals surface area contributed by atoms with Crippen molar-refractivity contribution in [2.45, 2.75) is 48.6 Å². The van der Waals surface area contributed by atoms with Gasteiger partial charge in [0, 0.05) is 4.75 Å². The molecular formula is C25H26N2O4S. The first-order valence-electron chi connectivity index (χ1n) is 10.5. The second-order valence-electron chi connectivity index (χ2n) is 8.47. The zero-order valence-electron chi connectivity index (χ0n) is 18.1. The molecule has 2 aromatic rings. The molecule has 0 radical (unpaired) electrons. The van der Waals surface area contributed by atoms with Gasteiger partial charge in [-0.25, -0.2) is 4.79 Å². The summed E-state index contributed by atoms with van der Waals surface area (Å²) in [6.07, 6.45) is 1.18. The van der Waals surface area contributed by atoms with Gasteiger partial charge in [0.2, 0.25) is 11.8 Å². The van der Waals surface area contributed by atoms with E-state index in [1.165, 1.54) is 11.8 Å². The maximum atomic E-state index is 13.1. The van der Waals surface area contributed by atoms with Crippen LogP contribution >= 0.6 is 11.8 Å². The van der Waals surface area contributed by atoms with E-state index < -0.39 is 28.9 Å². The third-order valence-corrected chi connectivity index (χ3v) is 7.35. The van der Waals surface area contributed by atoms with Crippen LogP contribution in [0.2, 0.25) is 0 Å². The van der Waals surface area contributed by atoms with Crippen LogP contribution in [0, 0.1) is 0 Å². The molecule has 0 bridgehead atoms. The molecule has 2 saturated heterocycles. The lowest BCUT2D eigenvalue weighted by Gasteiger charge is -2.44. The normalized spacial score (nSPS) is 24.1. The van der Waals surface area contributed by atoms with Crippen molar-refractivity contribution in [1.29, 1.82) is 0 Å². The van der Waals surface area contributed by atoms with Crippen molar-refractivity contribution < 1.29 is 19.1 Å². The number of hydrogen-bond donors (Lipinski definition) is 1. The monoisotopic (exact) mass is 450 g/mol. The van der Waals surface area contributed by atoms with Crippen LogP contribution in [0.4, 0.5) is 0 Å². The molecule has 7 heteroatoms. The van der Waals surface area contributed by atoms with E-state index in [9.17, 15) is 14.4 Å². The molecule has 1 unspecified atom stereocenters. The van der Waals surface area contributed by atoms with Crippen LogP contribution in [0.5, 0.6) is 0 Å². The van der Waals surface area contributed by atoms with Gasteiger partial charge in [-0.2, -0.15) is 0 Å². The molecule has 2 aliphatic heterocycles. The standard InChI is InChI=1S/C25H26N2O4S/c1-4-18(17-13-9-6-10-14-17)31-24(30)21-25(2,3)32-23-20(22(29)27(21)23)26-19(28)15-16-11-7-5-8-12-16/h4-14,18,20-21,23H,1,15H2,2-3H3,(H,26,28)/t18?,20-,21+,23-/m1/s1. The highest BCUT2D eigenvalue weighted by atomic mass is 32.2. The van der Waals surface area contributed by atoms with Crippen LogP contribution in [0.15, 0.2) is 73.3 Å². The van der Waals surface area contributed by atoms with E-state index >= 15 is 0 Å². The van der Waals surface area contributed by atoms with Gasteiger partial charge in [0.05, 0.1) is 6.42 Å². The van der Waals surface area contributed by atoms with Crippen molar-refractivity contribution >= 4 is 29.5 Å². The van der Waals surface area contributed by atoms with Gasteiger partial charge >= 0.3 is 5.97 Å². The number of benzene rings is 2. The number of hydrogen-bond acceptors (Lipinski definition) is 5. The summed E-state index contributed by atoms with van der Waals surface area (Å²) >= 11 is 1.51. The number of β-lactam (4-membered cyclic amide) rings is 1. The summed E-state index contributed by atoms with van der Waals surface area (Å²) < 4.78 is 5.19. The Balaban J connectivity index is 1.43. The second kappa shape index (κ2) is 8.82. The lowest BCUT2D eigenvalue weighted by Crippen LogP contribution is -2.70. The minimum Gasteiger partial charge on any atom is -0.452 e. The Morgan fingerprint density at radius 2 is 1.78 bits per heavy atom. The van der Waals surface area contributed by atoms with Crippen molar-refractivity contribution in [2.24, 2.45) is 0 Å². The highest BCUT2D eigenvalue weighted by molar-refractivity contribution is 8.01. The minimum atomic E-state index is -0.738. The molecule has 32 heavy (non-hydrogen) atoms. The van der Waals surface area contributed by atoms with E-state index in [4.69, 9.17) is 4.74 Å². The number of nitrogens with zero attached hydrogens (tertiary/aromatic N) is 1. The summed E-state index contributed by atoms with van der Waals surface area (Å²) in [5.74, 6) is -0.943. The molecule has 1 N–H and O–H groups in total. The highest BCUT2D eigenvalue weighted by Gasteiger charge is 2.64. The zero-order valence-corrected chi connectivity index (χ0v) is 18.9. The largest absolute Gasteiger partial charge is 0.452 e. The van der Waals surface area contributed by atoms with E-state index in [1.807, 2.05) is 74.5 Å². The topological polar surface area (TPSA) is 75.7 Å². The van der Waals surface area contributed by atoms with Gasteiger partial charge in [0.1, 0.15) is 23.6 Å². The van der Waals surface area contributed by atoms with Gasteiger partial charge in [0.15, 0.2) is 0 Å². The summed E-state index contributed by atoms with van der Waals surface area (Å²) in [6.45, 7) is 7.63. The van der Waals surface area contributed by atoms with Crippen molar-refractivity contribution in [1.82, 2.24) is 10.2 Å². The number of carbonyl (C=O) groups is 3. The van der Waals surface area contributed by atoms with E-state index in [0.29, 0.717) is 0 Å². The molecule has 0 aliphatic carbocycles. The van der Waals surface area contributed by atoms with Gasteiger partial charge < -0.3 is 15.0 Å². The van der Waals surface area contributed by atoms with Gasteiger partial charge in [-0.15, -0.1) is 11.8 Å². The summed E-state index contributed by atoms with van der Waals surface area (Å²) in [5.41, 5.74) is 1.70. The average Bonchev–Trinajstić information content (AvgIpc) is 3.05. The van der Waals surface area contributed by atoms with Gasteiger partial charge in [-0.3, -0.25) is 9.59 Å². The van der Waals surface area contributed by atoms with E-state index in [1.54, 1.807) is 11.0 Å². The Bertz CT molecular complexity index is 1020. The fourth-order valence-corrected chi connectivity index (χ4v) is 5.84. The Labute approximate surface area is 192 Å². The maximum absolute atomic E-state index is 13.1. The molecule has 2 aromatic carbocycles. The molecular weight excluding hydrogens is 424 g/mol. The first-order chi connectivity index (χ1) is 15.3. The number of thioether (sulfide) groups is 1. The molecule has 4 rings (SSSR count). The number of carbonyl (C=O) groups excluding carboxylic acids is 3. The Morgan fingerprint density at radius 1 is 1.16 bits per heavy atom. The third-order valence-electron chi connectivity index (χ3n) is 5.77. The number of rotatable bonds is 7. The maximum Gasteiger partial charge on any atom is 0.331 e. The SMILES string of the molecule is C=CC(OC(=O)[C@@H]1N2C(=O)[C@@H](NC(=O)Cc3ccccc3)[C@H]2SC1(C)C)c1ccccc1. The minimum absolute atomic E-state index is 0.203. The van der Waals surface area contributed by atoms with Crippen LogP contribution in [-0.2, 0) is 25.5 Å². The van der Waals surface area contributed by atoms with Crippen molar-refractivity contribution in [3.05, 3.63) is 84.4 Å². The fourth-order valence-electron chi connectivity index (χ4n) is 4.22. The average molecular weight is 451 g/mol. The van der Waals surface area contributed by atoms with Crippen LogP contribution in [0.3, 0.4) is 0 Å². The number of ether oxygens (including phenoxy) is 1. The molecule has 2 fully saturated rings. The molecule has 6 nitrogen and oxygen atoms in total. The second-order valence-corrected chi connectivity index (χ2v) is 10.2. The van der Waals surface area contributed by atoms with Crippen LogP contribution in [0.25, 0.3) is 0 Å². The number of nitrogens with one attached hydrogen (secondary N) is 1. The Morgan fingerprint density at radius 3 is 2.41 bits per heavy atom. The quantitative estimate of drug-likeness (QED) is 0.398. The lowest BCUT2D eigenvalue weighted by molar-refractivity contribution is -0.166. The fraction of sp³-hybridized carbons (Fsp3) is 0.320. The number of esters is 1. The van der Waals surface area contributed by atoms with Gasteiger partial charge in [-0.1, -0.05) is 67.2 Å². The van der Waals surface area contributed by atoms with Gasteiger partial charge in [0.25, 0.3) is 0 Å². The van der Waals surface area contributed by atoms with Crippen LogP contribution in [-0.4, -0.2) is 44.9 Å². The van der Waals surface area contributed by atoms with Crippen LogP contribution < -0.4 is 5.32 Å². The summed E-state index contributed by atoms with van der Waals surface area (Å²) in [7, 11) is 0. The summed E-state index contributed by atoms with van der Waals surface area (Å²) in [5, 5.41) is 2.54. The lowest BCUT2D eigenvalue weighted by atomic mass is 9.95. The summed E-state index contributed by atoms with van der Waals surface area (Å²) in [6, 6.07) is 17.3. The summed E-state index contributed by atoms with van der Waals surface area (Å²) in [4.78, 5) is 40.1. The molecule has 0 saturated carbocycles. The number of fused-ring (bicyclic) bond motifs is 1. The zero-order chi connectivity index (χ0) is 22.9. The van der Waals surface area contributed by atoms with Crippen molar-refractivity contribution in [3.8, 4) is 0 Å². The molecule has 2 heterocycles. The Kier molecular flexibility index (Phi) is 6.11. The van der Waals surface area contributed by atoms with E-state index in [0.717, 1.165) is 11.1 Å². The van der Waals surface area contributed by atoms with Crippen molar-refractivity contribution in [2.75, 3.05) is 0 Å². The van der Waals surface area contributed by atoms with E-state index in [-0.39, 0.29) is 23.6 Å². The van der Waals surface area contributed by atoms with E-state index in [2.05, 4.69) is 11.9 Å². The first kappa shape index (κ1) is 22.1. The molecule has 166 valence electrons. The molecule has 0 spiro atoms. The van der Waals surface area contributed by atoms with Gasteiger partial charge in [-0.05, 0) is 31.1 Å². The smallest absolute Gasteiger partial charge is 0.331 e. The third kappa shape index (κ3) is 4.17. The predicted octanol–water partition coefficient (Wildman–Crippen LogP) is 3.25. The number of amides is 2. The predicted molar refractivity (Wildman–Crippen MR) is 124 cm³/mol. The van der Waals surface area contributed by atoms with Crippen molar-refractivity contribution in [3.63, 3.8) is 0 Å². The van der Waals surface area contributed by atoms with Crippen LogP contribution in [0.1, 0.15) is 31.1 Å².